The number of pyridine rings is 1. The molecule has 0 saturated heterocycles. The minimum absolute atomic E-state index is 0.0340. The molecule has 0 bridgehead atoms. The Morgan fingerprint density at radius 3 is 2.43 bits per heavy atom. The van der Waals surface area contributed by atoms with Gasteiger partial charge < -0.3 is 5.32 Å². The number of halogens is 3. The SMILES string of the molecule is O=C(CSc1ccc2nnc(-c3ccncc3)n2n1)Nc1ccc(C(F)(F)F)cc1. The molecule has 0 aliphatic carbocycles. The first-order valence-electron chi connectivity index (χ1n) is 8.63. The first-order valence-corrected chi connectivity index (χ1v) is 9.61. The van der Waals surface area contributed by atoms with Crippen molar-refractivity contribution in [2.45, 2.75) is 11.2 Å². The molecular weight excluding hydrogens is 417 g/mol. The maximum Gasteiger partial charge on any atom is 0.416 e. The molecule has 1 N–H and O–H groups in total. The Morgan fingerprint density at radius 2 is 1.73 bits per heavy atom. The van der Waals surface area contributed by atoms with E-state index in [9.17, 15) is 18.0 Å². The fraction of sp³-hybridized carbons (Fsp3) is 0.105. The van der Waals surface area contributed by atoms with Crippen molar-refractivity contribution in [3.63, 3.8) is 0 Å². The number of thioether (sulfide) groups is 1. The van der Waals surface area contributed by atoms with Crippen molar-refractivity contribution in [2.75, 3.05) is 11.1 Å². The Morgan fingerprint density at radius 1 is 1.00 bits per heavy atom. The van der Waals surface area contributed by atoms with Crippen LogP contribution in [0.1, 0.15) is 5.56 Å². The molecule has 0 spiro atoms. The highest BCUT2D eigenvalue weighted by molar-refractivity contribution is 7.99. The molecule has 1 aromatic carbocycles. The van der Waals surface area contributed by atoms with Gasteiger partial charge in [-0.3, -0.25) is 9.78 Å². The Labute approximate surface area is 172 Å². The number of carbonyl (C=O) groups is 1. The number of rotatable bonds is 5. The smallest absolute Gasteiger partial charge is 0.325 e. The first-order chi connectivity index (χ1) is 14.4. The number of amides is 1. The van der Waals surface area contributed by atoms with Gasteiger partial charge in [0, 0.05) is 23.6 Å². The molecule has 0 unspecified atom stereocenters. The van der Waals surface area contributed by atoms with E-state index in [4.69, 9.17) is 0 Å². The number of hydrogen-bond donors (Lipinski definition) is 1. The molecule has 7 nitrogen and oxygen atoms in total. The van der Waals surface area contributed by atoms with E-state index in [0.717, 1.165) is 17.7 Å². The Bertz CT molecular complexity index is 1180. The lowest BCUT2D eigenvalue weighted by Crippen LogP contribution is -2.14. The molecular formula is C19H13F3N6OS. The third kappa shape index (κ3) is 4.40. The van der Waals surface area contributed by atoms with Gasteiger partial charge in [0.2, 0.25) is 5.91 Å². The summed E-state index contributed by atoms with van der Waals surface area (Å²) in [6.07, 6.45) is -1.14. The summed E-state index contributed by atoms with van der Waals surface area (Å²) < 4.78 is 39.4. The van der Waals surface area contributed by atoms with E-state index in [1.165, 1.54) is 23.9 Å². The average Bonchev–Trinajstić information content (AvgIpc) is 3.16. The van der Waals surface area contributed by atoms with Gasteiger partial charge in [-0.2, -0.15) is 22.8 Å². The van der Waals surface area contributed by atoms with Crippen molar-refractivity contribution in [2.24, 2.45) is 0 Å². The van der Waals surface area contributed by atoms with Crippen molar-refractivity contribution in [1.82, 2.24) is 24.8 Å². The number of fused-ring (bicyclic) bond motifs is 1. The number of hydrogen-bond acceptors (Lipinski definition) is 6. The molecule has 30 heavy (non-hydrogen) atoms. The summed E-state index contributed by atoms with van der Waals surface area (Å²) in [6, 6.07) is 11.3. The fourth-order valence-corrected chi connectivity index (χ4v) is 3.26. The van der Waals surface area contributed by atoms with Gasteiger partial charge in [0.1, 0.15) is 5.03 Å². The number of nitrogens with zero attached hydrogens (tertiary/aromatic N) is 5. The molecule has 0 aliphatic heterocycles. The molecule has 4 aromatic rings. The van der Waals surface area contributed by atoms with Crippen LogP contribution in [0.25, 0.3) is 17.0 Å². The third-order valence-corrected chi connectivity index (χ3v) is 4.94. The lowest BCUT2D eigenvalue weighted by molar-refractivity contribution is -0.137. The van der Waals surface area contributed by atoms with Crippen LogP contribution in [0.2, 0.25) is 0 Å². The van der Waals surface area contributed by atoms with Gasteiger partial charge in [-0.1, -0.05) is 11.8 Å². The molecule has 0 fully saturated rings. The predicted octanol–water partition coefficient (Wildman–Crippen LogP) is 3.94. The minimum atomic E-state index is -4.42. The summed E-state index contributed by atoms with van der Waals surface area (Å²) in [4.78, 5) is 16.1. The van der Waals surface area contributed by atoms with Crippen LogP contribution in [0.15, 0.2) is 66.0 Å². The number of aromatic nitrogens is 5. The molecule has 3 aromatic heterocycles. The van der Waals surface area contributed by atoms with Gasteiger partial charge in [0.25, 0.3) is 0 Å². The number of nitrogens with one attached hydrogen (secondary N) is 1. The number of anilines is 1. The van der Waals surface area contributed by atoms with Crippen molar-refractivity contribution in [3.8, 4) is 11.4 Å². The summed E-state index contributed by atoms with van der Waals surface area (Å²) in [5.41, 5.74) is 0.870. The highest BCUT2D eigenvalue weighted by Gasteiger charge is 2.30. The highest BCUT2D eigenvalue weighted by atomic mass is 32.2. The predicted molar refractivity (Wildman–Crippen MR) is 105 cm³/mol. The van der Waals surface area contributed by atoms with Gasteiger partial charge in [-0.25, -0.2) is 0 Å². The van der Waals surface area contributed by atoms with E-state index >= 15 is 0 Å². The second kappa shape index (κ2) is 8.11. The van der Waals surface area contributed by atoms with Crippen molar-refractivity contribution in [1.29, 1.82) is 0 Å². The molecule has 3 heterocycles. The van der Waals surface area contributed by atoms with Crippen LogP contribution in [0.4, 0.5) is 18.9 Å². The largest absolute Gasteiger partial charge is 0.416 e. The van der Waals surface area contributed by atoms with Crippen LogP contribution >= 0.6 is 11.8 Å². The van der Waals surface area contributed by atoms with Crippen LogP contribution < -0.4 is 5.32 Å². The van der Waals surface area contributed by atoms with Crippen LogP contribution in [0.5, 0.6) is 0 Å². The third-order valence-electron chi connectivity index (χ3n) is 4.02. The van der Waals surface area contributed by atoms with Crippen molar-refractivity contribution < 1.29 is 18.0 Å². The van der Waals surface area contributed by atoms with Crippen molar-refractivity contribution >= 4 is 29.0 Å². The maximum atomic E-state index is 12.6. The number of benzene rings is 1. The Balaban J connectivity index is 1.43. The van der Waals surface area contributed by atoms with Gasteiger partial charge in [-0.15, -0.1) is 10.2 Å². The van der Waals surface area contributed by atoms with Gasteiger partial charge in [0.05, 0.1) is 11.3 Å². The van der Waals surface area contributed by atoms with E-state index in [-0.39, 0.29) is 17.3 Å². The molecule has 0 saturated carbocycles. The second-order valence-electron chi connectivity index (χ2n) is 6.11. The quantitative estimate of drug-likeness (QED) is 0.483. The van der Waals surface area contributed by atoms with E-state index < -0.39 is 11.7 Å². The molecule has 4 rings (SSSR count). The lowest BCUT2D eigenvalue weighted by Gasteiger charge is -2.08. The van der Waals surface area contributed by atoms with Crippen LogP contribution in [0.3, 0.4) is 0 Å². The van der Waals surface area contributed by atoms with Gasteiger partial charge in [-0.05, 0) is 48.5 Å². The van der Waals surface area contributed by atoms with E-state index in [1.807, 2.05) is 0 Å². The topological polar surface area (TPSA) is 85.1 Å². The van der Waals surface area contributed by atoms with Gasteiger partial charge in [0.15, 0.2) is 11.5 Å². The molecule has 1 amide bonds. The van der Waals surface area contributed by atoms with E-state index in [0.29, 0.717) is 16.5 Å². The second-order valence-corrected chi connectivity index (χ2v) is 7.11. The first kappa shape index (κ1) is 19.8. The van der Waals surface area contributed by atoms with Crippen LogP contribution in [-0.4, -0.2) is 36.5 Å². The average molecular weight is 430 g/mol. The lowest BCUT2D eigenvalue weighted by atomic mass is 10.2. The standard InChI is InChI=1S/C19H13F3N6OS/c20-19(21,22)13-1-3-14(4-2-13)24-16(29)11-30-17-6-5-15-25-26-18(28(15)27-17)12-7-9-23-10-8-12/h1-10H,11H2,(H,24,29). The molecule has 0 radical (unpaired) electrons. The summed E-state index contributed by atoms with van der Waals surface area (Å²) in [5, 5.41) is 15.8. The molecule has 11 heteroatoms. The summed E-state index contributed by atoms with van der Waals surface area (Å²) >= 11 is 1.19. The molecule has 0 atom stereocenters. The highest BCUT2D eigenvalue weighted by Crippen LogP contribution is 2.30. The fourth-order valence-electron chi connectivity index (χ4n) is 2.61. The van der Waals surface area contributed by atoms with E-state index in [1.54, 1.807) is 41.2 Å². The molecule has 0 aliphatic rings. The summed E-state index contributed by atoms with van der Waals surface area (Å²) in [6.45, 7) is 0. The minimum Gasteiger partial charge on any atom is -0.325 e. The number of alkyl halides is 3. The zero-order valence-corrected chi connectivity index (χ0v) is 16.0. The Kier molecular flexibility index (Phi) is 5.36. The Hall–Kier alpha value is -3.47. The normalized spacial score (nSPS) is 11.6. The maximum absolute atomic E-state index is 12.6. The monoisotopic (exact) mass is 430 g/mol. The summed E-state index contributed by atoms with van der Waals surface area (Å²) in [7, 11) is 0. The van der Waals surface area contributed by atoms with E-state index in [2.05, 4.69) is 25.6 Å². The zero-order chi connectivity index (χ0) is 21.1. The molecule has 152 valence electrons. The number of carbonyl (C=O) groups excluding carboxylic acids is 1. The van der Waals surface area contributed by atoms with Gasteiger partial charge >= 0.3 is 6.18 Å². The van der Waals surface area contributed by atoms with Crippen LogP contribution in [-0.2, 0) is 11.0 Å². The van der Waals surface area contributed by atoms with Crippen LogP contribution in [0, 0.1) is 0 Å². The zero-order valence-electron chi connectivity index (χ0n) is 15.2. The summed E-state index contributed by atoms with van der Waals surface area (Å²) in [5.74, 6) is 0.218. The van der Waals surface area contributed by atoms with Crippen molar-refractivity contribution in [3.05, 3.63) is 66.5 Å².